The number of hydrogen-bond donors (Lipinski definition) is 1. The van der Waals surface area contributed by atoms with E-state index in [2.05, 4.69) is 18.3 Å². The standard InChI is InChI=1S/C11H20N2OS/c1-3-13-10(8-12)5-7-15-11-4-6-14-9(11)2/h9-11,13H,3-7H2,1-2H3. The molecule has 1 heterocycles. The molecule has 1 rings (SSSR count). The third kappa shape index (κ3) is 4.42. The quantitative estimate of drug-likeness (QED) is 0.753. The summed E-state index contributed by atoms with van der Waals surface area (Å²) in [5.74, 6) is 1.05. The van der Waals surface area contributed by atoms with Gasteiger partial charge in [0.05, 0.1) is 18.2 Å². The molecule has 86 valence electrons. The van der Waals surface area contributed by atoms with Crippen LogP contribution in [0.4, 0.5) is 0 Å². The van der Waals surface area contributed by atoms with E-state index in [4.69, 9.17) is 10.00 Å². The predicted octanol–water partition coefficient (Wildman–Crippen LogP) is 1.79. The summed E-state index contributed by atoms with van der Waals surface area (Å²) in [6.45, 7) is 5.93. The lowest BCUT2D eigenvalue weighted by Gasteiger charge is -2.14. The minimum absolute atomic E-state index is 0.0140. The van der Waals surface area contributed by atoms with Gasteiger partial charge in [-0.05, 0) is 32.1 Å². The van der Waals surface area contributed by atoms with Gasteiger partial charge in [0.15, 0.2) is 0 Å². The first kappa shape index (κ1) is 12.8. The van der Waals surface area contributed by atoms with E-state index in [1.165, 1.54) is 0 Å². The minimum Gasteiger partial charge on any atom is -0.377 e. The molecule has 0 amide bonds. The topological polar surface area (TPSA) is 45.0 Å². The summed E-state index contributed by atoms with van der Waals surface area (Å²) in [6, 6.07) is 2.30. The highest BCUT2D eigenvalue weighted by atomic mass is 32.2. The first-order valence-electron chi connectivity index (χ1n) is 5.64. The van der Waals surface area contributed by atoms with E-state index in [0.717, 1.165) is 31.7 Å². The van der Waals surface area contributed by atoms with E-state index < -0.39 is 0 Å². The molecular weight excluding hydrogens is 208 g/mol. The van der Waals surface area contributed by atoms with Crippen molar-refractivity contribution >= 4 is 11.8 Å². The highest BCUT2D eigenvalue weighted by Gasteiger charge is 2.24. The number of hydrogen-bond acceptors (Lipinski definition) is 4. The van der Waals surface area contributed by atoms with E-state index in [1.807, 2.05) is 18.7 Å². The van der Waals surface area contributed by atoms with Crippen LogP contribution in [0.3, 0.4) is 0 Å². The molecule has 0 saturated carbocycles. The Morgan fingerprint density at radius 2 is 2.47 bits per heavy atom. The van der Waals surface area contributed by atoms with E-state index in [-0.39, 0.29) is 6.04 Å². The van der Waals surface area contributed by atoms with Gasteiger partial charge in [0.2, 0.25) is 0 Å². The second-order valence-corrected chi connectivity index (χ2v) is 5.15. The number of ether oxygens (including phenoxy) is 1. The Morgan fingerprint density at radius 1 is 1.67 bits per heavy atom. The third-order valence-electron chi connectivity index (χ3n) is 2.65. The van der Waals surface area contributed by atoms with Gasteiger partial charge in [-0.3, -0.25) is 0 Å². The lowest BCUT2D eigenvalue weighted by Crippen LogP contribution is -2.28. The van der Waals surface area contributed by atoms with Crippen molar-refractivity contribution < 1.29 is 4.74 Å². The van der Waals surface area contributed by atoms with Crippen molar-refractivity contribution in [3.63, 3.8) is 0 Å². The molecule has 0 aliphatic carbocycles. The van der Waals surface area contributed by atoms with Crippen molar-refractivity contribution in [3.05, 3.63) is 0 Å². The van der Waals surface area contributed by atoms with Gasteiger partial charge in [-0.25, -0.2) is 0 Å². The molecule has 1 N–H and O–H groups in total. The first-order valence-corrected chi connectivity index (χ1v) is 6.69. The molecule has 1 fully saturated rings. The lowest BCUT2D eigenvalue weighted by molar-refractivity contribution is 0.127. The molecule has 0 spiro atoms. The fraction of sp³-hybridized carbons (Fsp3) is 0.909. The molecule has 3 atom stereocenters. The van der Waals surface area contributed by atoms with Crippen LogP contribution in [0.1, 0.15) is 26.7 Å². The van der Waals surface area contributed by atoms with Crippen LogP contribution in [0.2, 0.25) is 0 Å². The Kier molecular flexibility index (Phi) is 6.07. The molecular formula is C11H20N2OS. The average molecular weight is 228 g/mol. The van der Waals surface area contributed by atoms with Crippen LogP contribution in [0.5, 0.6) is 0 Å². The minimum atomic E-state index is 0.0140. The number of rotatable bonds is 6. The summed E-state index contributed by atoms with van der Waals surface area (Å²) in [4.78, 5) is 0. The molecule has 0 radical (unpaired) electrons. The summed E-state index contributed by atoms with van der Waals surface area (Å²) >= 11 is 1.95. The van der Waals surface area contributed by atoms with E-state index >= 15 is 0 Å². The summed E-state index contributed by atoms with van der Waals surface area (Å²) in [6.07, 6.45) is 2.47. The Bertz CT molecular complexity index is 217. The van der Waals surface area contributed by atoms with Crippen molar-refractivity contribution in [1.82, 2.24) is 5.32 Å². The monoisotopic (exact) mass is 228 g/mol. The summed E-state index contributed by atoms with van der Waals surface area (Å²) in [5, 5.41) is 12.6. The molecule has 3 unspecified atom stereocenters. The zero-order chi connectivity index (χ0) is 11.1. The number of thioether (sulfide) groups is 1. The number of nitriles is 1. The molecule has 1 saturated heterocycles. The van der Waals surface area contributed by atoms with Crippen molar-refractivity contribution in [2.24, 2.45) is 0 Å². The van der Waals surface area contributed by atoms with Crippen LogP contribution >= 0.6 is 11.8 Å². The molecule has 0 bridgehead atoms. The van der Waals surface area contributed by atoms with Crippen LogP contribution in [-0.4, -0.2) is 36.3 Å². The lowest BCUT2D eigenvalue weighted by atomic mass is 10.2. The maximum absolute atomic E-state index is 8.85. The second-order valence-electron chi connectivity index (χ2n) is 3.80. The number of nitrogens with one attached hydrogen (secondary N) is 1. The zero-order valence-electron chi connectivity index (χ0n) is 9.53. The largest absolute Gasteiger partial charge is 0.377 e. The molecule has 1 aliphatic rings. The first-order chi connectivity index (χ1) is 7.27. The van der Waals surface area contributed by atoms with Crippen LogP contribution in [0, 0.1) is 11.3 Å². The van der Waals surface area contributed by atoms with Gasteiger partial charge in [-0.2, -0.15) is 17.0 Å². The Hall–Kier alpha value is -0.240. The van der Waals surface area contributed by atoms with Gasteiger partial charge in [-0.15, -0.1) is 0 Å². The average Bonchev–Trinajstić information content (AvgIpc) is 2.63. The fourth-order valence-corrected chi connectivity index (χ4v) is 3.01. The van der Waals surface area contributed by atoms with Gasteiger partial charge in [-0.1, -0.05) is 6.92 Å². The molecule has 15 heavy (non-hydrogen) atoms. The van der Waals surface area contributed by atoms with E-state index in [9.17, 15) is 0 Å². The van der Waals surface area contributed by atoms with E-state index in [1.54, 1.807) is 0 Å². The number of nitrogens with zero attached hydrogens (tertiary/aromatic N) is 1. The maximum atomic E-state index is 8.85. The highest BCUT2D eigenvalue weighted by Crippen LogP contribution is 2.26. The molecule has 0 aromatic heterocycles. The second kappa shape index (κ2) is 7.10. The summed E-state index contributed by atoms with van der Waals surface area (Å²) < 4.78 is 5.50. The molecule has 1 aliphatic heterocycles. The normalized spacial score (nSPS) is 27.5. The van der Waals surface area contributed by atoms with Gasteiger partial charge >= 0.3 is 0 Å². The highest BCUT2D eigenvalue weighted by molar-refractivity contribution is 7.99. The van der Waals surface area contributed by atoms with Gasteiger partial charge in [0.25, 0.3) is 0 Å². The van der Waals surface area contributed by atoms with Gasteiger partial charge in [0.1, 0.15) is 0 Å². The van der Waals surface area contributed by atoms with E-state index in [0.29, 0.717) is 11.4 Å². The third-order valence-corrected chi connectivity index (χ3v) is 4.17. The molecule has 4 heteroatoms. The Morgan fingerprint density at radius 3 is 3.00 bits per heavy atom. The maximum Gasteiger partial charge on any atom is 0.0960 e. The fourth-order valence-electron chi connectivity index (χ4n) is 1.73. The molecule has 3 nitrogen and oxygen atoms in total. The van der Waals surface area contributed by atoms with Crippen molar-refractivity contribution in [3.8, 4) is 6.07 Å². The van der Waals surface area contributed by atoms with Crippen LogP contribution in [-0.2, 0) is 4.74 Å². The van der Waals surface area contributed by atoms with Crippen LogP contribution in [0.15, 0.2) is 0 Å². The zero-order valence-corrected chi connectivity index (χ0v) is 10.3. The summed E-state index contributed by atoms with van der Waals surface area (Å²) in [7, 11) is 0. The Balaban J connectivity index is 2.12. The predicted molar refractivity (Wildman–Crippen MR) is 64.0 cm³/mol. The van der Waals surface area contributed by atoms with Crippen molar-refractivity contribution in [2.75, 3.05) is 18.9 Å². The van der Waals surface area contributed by atoms with Gasteiger partial charge in [0, 0.05) is 11.9 Å². The van der Waals surface area contributed by atoms with Crippen LogP contribution < -0.4 is 5.32 Å². The smallest absolute Gasteiger partial charge is 0.0960 e. The van der Waals surface area contributed by atoms with Crippen molar-refractivity contribution in [1.29, 1.82) is 5.26 Å². The Labute approximate surface area is 96.6 Å². The molecule has 0 aromatic carbocycles. The van der Waals surface area contributed by atoms with Gasteiger partial charge < -0.3 is 10.1 Å². The SMILES string of the molecule is CCNC(C#N)CCSC1CCOC1C. The molecule has 0 aromatic rings. The summed E-state index contributed by atoms with van der Waals surface area (Å²) in [5.41, 5.74) is 0. The van der Waals surface area contributed by atoms with Crippen molar-refractivity contribution in [2.45, 2.75) is 44.1 Å². The van der Waals surface area contributed by atoms with Crippen LogP contribution in [0.25, 0.3) is 0 Å².